The van der Waals surface area contributed by atoms with Crippen LogP contribution in [0.25, 0.3) is 6.08 Å². The van der Waals surface area contributed by atoms with Gasteiger partial charge in [-0.3, -0.25) is 15.0 Å². The molecule has 1 aliphatic rings. The Hall–Kier alpha value is -4.07. The number of ether oxygens (including phenoxy) is 1. The molecule has 0 spiro atoms. The van der Waals surface area contributed by atoms with Crippen LogP contribution in [0.3, 0.4) is 0 Å². The highest BCUT2D eigenvalue weighted by molar-refractivity contribution is 6.31. The summed E-state index contributed by atoms with van der Waals surface area (Å²) in [5, 5.41) is 0.806. The number of hydrazine groups is 1. The number of carbonyl (C=O) groups is 2. The number of anilines is 1. The van der Waals surface area contributed by atoms with Gasteiger partial charge in [0.25, 0.3) is 11.8 Å². The Morgan fingerprint density at radius 3 is 2.31 bits per heavy atom. The highest BCUT2D eigenvalue weighted by Crippen LogP contribution is 2.32. The van der Waals surface area contributed by atoms with Gasteiger partial charge in [-0.1, -0.05) is 48.5 Å². The third-order valence-electron chi connectivity index (χ3n) is 4.76. The monoisotopic (exact) mass is 438 g/mol. The Balaban J connectivity index is 1.48. The Kier molecular flexibility index (Phi) is 5.68. The van der Waals surface area contributed by atoms with Crippen molar-refractivity contribution in [1.82, 2.24) is 5.43 Å². The molecule has 0 saturated carbocycles. The minimum Gasteiger partial charge on any atom is -0.489 e. The molecular formula is C24H17F3N2O3. The molecule has 5 nitrogen and oxygen atoms in total. The van der Waals surface area contributed by atoms with Crippen molar-refractivity contribution in [3.63, 3.8) is 0 Å². The molecule has 8 heteroatoms. The zero-order valence-corrected chi connectivity index (χ0v) is 16.6. The Morgan fingerprint density at radius 2 is 1.62 bits per heavy atom. The first-order valence-corrected chi connectivity index (χ1v) is 9.62. The molecule has 1 aliphatic heterocycles. The quantitative estimate of drug-likeness (QED) is 0.462. The molecule has 0 unspecified atom stereocenters. The second-order valence-electron chi connectivity index (χ2n) is 7.03. The summed E-state index contributed by atoms with van der Waals surface area (Å²) >= 11 is 0. The number of halogens is 3. The molecule has 1 fully saturated rings. The van der Waals surface area contributed by atoms with Crippen molar-refractivity contribution in [3.05, 3.63) is 101 Å². The number of nitrogens with one attached hydrogen (secondary N) is 1. The van der Waals surface area contributed by atoms with E-state index in [1.807, 2.05) is 30.3 Å². The molecule has 0 aromatic heterocycles. The molecule has 0 radical (unpaired) electrons. The predicted molar refractivity (Wildman–Crippen MR) is 112 cm³/mol. The van der Waals surface area contributed by atoms with Crippen molar-refractivity contribution in [3.8, 4) is 5.75 Å². The largest absolute Gasteiger partial charge is 0.489 e. The van der Waals surface area contributed by atoms with Gasteiger partial charge in [-0.2, -0.15) is 13.2 Å². The summed E-state index contributed by atoms with van der Waals surface area (Å²) in [6, 6.07) is 20.6. The van der Waals surface area contributed by atoms with Crippen LogP contribution in [0.1, 0.15) is 16.7 Å². The number of hydrogen-bond acceptors (Lipinski definition) is 3. The molecule has 32 heavy (non-hydrogen) atoms. The number of carbonyl (C=O) groups excluding carboxylic acids is 2. The second-order valence-corrected chi connectivity index (χ2v) is 7.03. The van der Waals surface area contributed by atoms with E-state index in [1.165, 1.54) is 18.2 Å². The maximum Gasteiger partial charge on any atom is 0.416 e. The van der Waals surface area contributed by atoms with E-state index in [0.29, 0.717) is 17.9 Å². The summed E-state index contributed by atoms with van der Waals surface area (Å²) in [5.74, 6) is -0.820. The fourth-order valence-electron chi connectivity index (χ4n) is 3.13. The number of amides is 2. The highest BCUT2D eigenvalue weighted by Gasteiger charge is 2.36. The fourth-order valence-corrected chi connectivity index (χ4v) is 3.13. The summed E-state index contributed by atoms with van der Waals surface area (Å²) in [6.07, 6.45) is -3.18. The van der Waals surface area contributed by atoms with E-state index in [4.69, 9.17) is 4.74 Å². The lowest BCUT2D eigenvalue weighted by Gasteiger charge is -2.16. The van der Waals surface area contributed by atoms with Crippen molar-refractivity contribution >= 4 is 23.6 Å². The van der Waals surface area contributed by atoms with Gasteiger partial charge in [0.1, 0.15) is 17.9 Å². The number of hydrogen-bond donors (Lipinski definition) is 1. The molecule has 1 N–H and O–H groups in total. The predicted octanol–water partition coefficient (Wildman–Crippen LogP) is 4.75. The van der Waals surface area contributed by atoms with Crippen LogP contribution in [0, 0.1) is 0 Å². The SMILES string of the molecule is O=C1NN(c2cccc(C(F)(F)F)c2)C(=O)/C1=C\c1ccc(OCc2ccccc2)cc1. The van der Waals surface area contributed by atoms with E-state index in [0.717, 1.165) is 22.7 Å². The third kappa shape index (κ3) is 4.64. The molecule has 2 amide bonds. The van der Waals surface area contributed by atoms with Crippen molar-refractivity contribution in [2.75, 3.05) is 5.01 Å². The van der Waals surface area contributed by atoms with Crippen LogP contribution >= 0.6 is 0 Å². The van der Waals surface area contributed by atoms with Crippen LogP contribution in [0.5, 0.6) is 5.75 Å². The number of benzene rings is 3. The van der Waals surface area contributed by atoms with Crippen LogP contribution in [-0.4, -0.2) is 11.8 Å². The molecule has 162 valence electrons. The maximum absolute atomic E-state index is 13.0. The topological polar surface area (TPSA) is 58.6 Å². The van der Waals surface area contributed by atoms with E-state index in [9.17, 15) is 22.8 Å². The van der Waals surface area contributed by atoms with Crippen LogP contribution in [0.4, 0.5) is 18.9 Å². The van der Waals surface area contributed by atoms with Crippen molar-refractivity contribution in [2.24, 2.45) is 0 Å². The molecule has 0 atom stereocenters. The van der Waals surface area contributed by atoms with Crippen LogP contribution in [-0.2, 0) is 22.4 Å². The first kappa shape index (κ1) is 21.2. The molecule has 4 rings (SSSR count). The fraction of sp³-hybridized carbons (Fsp3) is 0.0833. The Bertz CT molecular complexity index is 1170. The third-order valence-corrected chi connectivity index (χ3v) is 4.76. The summed E-state index contributed by atoms with van der Waals surface area (Å²) in [6.45, 7) is 0.397. The van der Waals surface area contributed by atoms with Crippen molar-refractivity contribution in [2.45, 2.75) is 12.8 Å². The second kappa shape index (κ2) is 8.58. The van der Waals surface area contributed by atoms with Gasteiger partial charge in [-0.25, -0.2) is 5.01 Å². The zero-order valence-electron chi connectivity index (χ0n) is 16.6. The molecule has 1 heterocycles. The molecule has 0 aliphatic carbocycles. The van der Waals surface area contributed by atoms with Crippen molar-refractivity contribution in [1.29, 1.82) is 0 Å². The Labute approximate surface area is 181 Å². The molecule has 1 saturated heterocycles. The number of nitrogens with zero attached hydrogens (tertiary/aromatic N) is 1. The van der Waals surface area contributed by atoms with E-state index in [2.05, 4.69) is 5.43 Å². The first-order chi connectivity index (χ1) is 15.3. The van der Waals surface area contributed by atoms with Gasteiger partial charge in [0.2, 0.25) is 0 Å². The summed E-state index contributed by atoms with van der Waals surface area (Å²) in [7, 11) is 0. The highest BCUT2D eigenvalue weighted by atomic mass is 19.4. The number of rotatable bonds is 5. The Morgan fingerprint density at radius 1 is 0.906 bits per heavy atom. The lowest BCUT2D eigenvalue weighted by Crippen LogP contribution is -2.35. The normalized spacial score (nSPS) is 15.2. The molecule has 0 bridgehead atoms. The minimum absolute atomic E-state index is 0.0776. The lowest BCUT2D eigenvalue weighted by molar-refractivity contribution is -0.137. The van der Waals surface area contributed by atoms with Crippen molar-refractivity contribution < 1.29 is 27.5 Å². The minimum atomic E-state index is -4.56. The van der Waals surface area contributed by atoms with E-state index in [-0.39, 0.29) is 11.3 Å². The van der Waals surface area contributed by atoms with Crippen LogP contribution < -0.4 is 15.2 Å². The van der Waals surface area contributed by atoms with E-state index >= 15 is 0 Å². The van der Waals surface area contributed by atoms with Gasteiger partial charge in [-0.15, -0.1) is 0 Å². The van der Waals surface area contributed by atoms with Gasteiger partial charge in [0.05, 0.1) is 11.3 Å². The summed E-state index contributed by atoms with van der Waals surface area (Å²) in [4.78, 5) is 25.0. The smallest absolute Gasteiger partial charge is 0.416 e. The first-order valence-electron chi connectivity index (χ1n) is 9.62. The average molecular weight is 438 g/mol. The summed E-state index contributed by atoms with van der Waals surface area (Å²) in [5.41, 5.74) is 2.72. The van der Waals surface area contributed by atoms with E-state index < -0.39 is 23.6 Å². The van der Waals surface area contributed by atoms with E-state index in [1.54, 1.807) is 24.3 Å². The standard InChI is InChI=1S/C24H17F3N2O3/c25-24(26,27)18-7-4-8-19(14-18)29-23(31)21(22(30)28-29)13-16-9-11-20(12-10-16)32-15-17-5-2-1-3-6-17/h1-14H,15H2,(H,28,30)/b21-13-. The maximum atomic E-state index is 13.0. The average Bonchev–Trinajstić information content (AvgIpc) is 3.07. The van der Waals surface area contributed by atoms with Gasteiger partial charge < -0.3 is 4.74 Å². The van der Waals surface area contributed by atoms with Gasteiger partial charge >= 0.3 is 6.18 Å². The van der Waals surface area contributed by atoms with Crippen LogP contribution in [0.15, 0.2) is 84.4 Å². The molecule has 3 aromatic rings. The summed E-state index contributed by atoms with van der Waals surface area (Å²) < 4.78 is 44.6. The van der Waals surface area contributed by atoms with Gasteiger partial charge in [0.15, 0.2) is 0 Å². The number of alkyl halides is 3. The van der Waals surface area contributed by atoms with Crippen LogP contribution in [0.2, 0.25) is 0 Å². The molecule has 3 aromatic carbocycles. The van der Waals surface area contributed by atoms with Gasteiger partial charge in [0, 0.05) is 0 Å². The zero-order chi connectivity index (χ0) is 22.7. The lowest BCUT2D eigenvalue weighted by atomic mass is 10.1. The molecular weight excluding hydrogens is 421 g/mol. The van der Waals surface area contributed by atoms with Gasteiger partial charge in [-0.05, 0) is 47.5 Å².